The summed E-state index contributed by atoms with van der Waals surface area (Å²) < 4.78 is 24.6. The molecule has 0 radical (unpaired) electrons. The lowest BCUT2D eigenvalue weighted by atomic mass is 10.0. The van der Waals surface area contributed by atoms with Crippen molar-refractivity contribution in [2.45, 2.75) is 43.8 Å². The van der Waals surface area contributed by atoms with Crippen molar-refractivity contribution >= 4 is 43.8 Å². The lowest BCUT2D eigenvalue weighted by Crippen LogP contribution is -2.27. The van der Waals surface area contributed by atoms with Gasteiger partial charge in [0, 0.05) is 34.1 Å². The van der Waals surface area contributed by atoms with Crippen molar-refractivity contribution in [3.05, 3.63) is 65.7 Å². The molecule has 3 aromatic rings. The van der Waals surface area contributed by atoms with Gasteiger partial charge in [0.15, 0.2) is 9.84 Å². The summed E-state index contributed by atoms with van der Waals surface area (Å²) in [5.74, 6) is -0.351. The fourth-order valence-corrected chi connectivity index (χ4v) is 5.02. The average molecular weight is 451 g/mol. The average Bonchev–Trinajstić information content (AvgIpc) is 3.06. The summed E-state index contributed by atoms with van der Waals surface area (Å²) in [4.78, 5) is 27.8. The van der Waals surface area contributed by atoms with Crippen LogP contribution < -0.4 is 10.2 Å². The molecule has 1 aliphatic heterocycles. The third kappa shape index (κ3) is 3.66. The second-order valence-electron chi connectivity index (χ2n) is 8.24. The highest BCUT2D eigenvalue weighted by Gasteiger charge is 2.30. The Balaban J connectivity index is 1.64. The molecule has 4 rings (SSSR count). The van der Waals surface area contributed by atoms with E-state index in [1.165, 1.54) is 24.3 Å². The molecule has 0 aliphatic carbocycles. The highest BCUT2D eigenvalue weighted by Crippen LogP contribution is 2.40. The Morgan fingerprint density at radius 1 is 1.03 bits per heavy atom. The van der Waals surface area contributed by atoms with Gasteiger partial charge in [-0.25, -0.2) is 8.42 Å². The Labute approximate surface area is 188 Å². The molecule has 32 heavy (non-hydrogen) atoms. The molecular weight excluding hydrogens is 424 g/mol. The van der Waals surface area contributed by atoms with E-state index in [9.17, 15) is 18.0 Å². The van der Waals surface area contributed by atoms with Gasteiger partial charge in [-0.3, -0.25) is 9.59 Å². The number of anilines is 2. The topological polar surface area (TPSA) is 83.6 Å². The number of unbranched alkanes of at least 4 members (excludes halogenated alkanes) is 1. The number of sulfone groups is 1. The van der Waals surface area contributed by atoms with Gasteiger partial charge < -0.3 is 10.2 Å². The predicted molar refractivity (Wildman–Crippen MR) is 127 cm³/mol. The zero-order chi connectivity index (χ0) is 23.0. The van der Waals surface area contributed by atoms with Crippen molar-refractivity contribution in [1.29, 1.82) is 0 Å². The molecule has 0 bridgehead atoms. The van der Waals surface area contributed by atoms with Crippen LogP contribution in [0, 0.1) is 0 Å². The van der Waals surface area contributed by atoms with Crippen LogP contribution in [0.2, 0.25) is 0 Å². The molecule has 2 amide bonds. The monoisotopic (exact) mass is 450 g/mol. The fourth-order valence-electron chi connectivity index (χ4n) is 3.96. The minimum absolute atomic E-state index is 0.00974. The van der Waals surface area contributed by atoms with E-state index in [1.54, 1.807) is 18.7 Å². The Hall–Kier alpha value is -3.19. The molecule has 1 aliphatic rings. The third-order valence-electron chi connectivity index (χ3n) is 5.83. The zero-order valence-corrected chi connectivity index (χ0v) is 19.2. The van der Waals surface area contributed by atoms with Crippen LogP contribution in [0.5, 0.6) is 0 Å². The first kappa shape index (κ1) is 22.0. The molecule has 7 heteroatoms. The third-order valence-corrected chi connectivity index (χ3v) is 8.00. The van der Waals surface area contributed by atoms with Crippen molar-refractivity contribution in [2.24, 2.45) is 0 Å². The SMILES string of the molecule is CCCCN1C(=O)c2cccc3c(NC(=O)c4ccc(S(=O)(=O)C(C)C)cc4)ccc1c23. The number of nitrogens with zero attached hydrogens (tertiary/aromatic N) is 1. The van der Waals surface area contributed by atoms with Crippen LogP contribution in [0.3, 0.4) is 0 Å². The summed E-state index contributed by atoms with van der Waals surface area (Å²) >= 11 is 0. The van der Waals surface area contributed by atoms with Crippen LogP contribution in [-0.4, -0.2) is 32.0 Å². The van der Waals surface area contributed by atoms with Gasteiger partial charge in [-0.2, -0.15) is 0 Å². The molecule has 0 aromatic heterocycles. The number of hydrogen-bond acceptors (Lipinski definition) is 4. The first-order chi connectivity index (χ1) is 15.3. The lowest BCUT2D eigenvalue weighted by molar-refractivity contribution is 0.0991. The molecule has 6 nitrogen and oxygen atoms in total. The molecule has 0 unspecified atom stereocenters. The summed E-state index contributed by atoms with van der Waals surface area (Å²) in [6, 6.07) is 15.2. The minimum Gasteiger partial charge on any atom is -0.321 e. The summed E-state index contributed by atoms with van der Waals surface area (Å²) in [6.45, 7) is 6.00. The molecular formula is C25H26N2O4S. The lowest BCUT2D eigenvalue weighted by Gasteiger charge is -2.17. The summed E-state index contributed by atoms with van der Waals surface area (Å²) in [6.07, 6.45) is 1.91. The highest BCUT2D eigenvalue weighted by atomic mass is 32.2. The summed E-state index contributed by atoms with van der Waals surface area (Å²) in [7, 11) is -3.40. The van der Waals surface area contributed by atoms with Gasteiger partial charge in [0.25, 0.3) is 11.8 Å². The van der Waals surface area contributed by atoms with Crippen molar-refractivity contribution in [3.63, 3.8) is 0 Å². The first-order valence-electron chi connectivity index (χ1n) is 10.8. The van der Waals surface area contributed by atoms with Crippen molar-refractivity contribution in [2.75, 3.05) is 16.8 Å². The number of nitrogens with one attached hydrogen (secondary N) is 1. The van der Waals surface area contributed by atoms with E-state index in [0.29, 0.717) is 23.4 Å². The Kier molecular flexibility index (Phi) is 5.77. The number of hydrogen-bond donors (Lipinski definition) is 1. The van der Waals surface area contributed by atoms with Crippen LogP contribution in [0.4, 0.5) is 11.4 Å². The quantitative estimate of drug-likeness (QED) is 0.547. The Bertz CT molecular complexity index is 1310. The van der Waals surface area contributed by atoms with Crippen LogP contribution in [0.15, 0.2) is 59.5 Å². The molecule has 3 aromatic carbocycles. The maximum Gasteiger partial charge on any atom is 0.258 e. The Morgan fingerprint density at radius 3 is 2.41 bits per heavy atom. The van der Waals surface area contributed by atoms with Gasteiger partial charge in [0.1, 0.15) is 0 Å². The van der Waals surface area contributed by atoms with Crippen LogP contribution in [-0.2, 0) is 9.84 Å². The standard InChI is InChI=1S/C25H26N2O4S/c1-4-5-15-27-22-14-13-21(19-7-6-8-20(23(19)22)25(27)29)26-24(28)17-9-11-18(12-10-17)32(30,31)16(2)3/h6-14,16H,4-5,15H2,1-3H3,(H,26,28). The van der Waals surface area contributed by atoms with E-state index in [2.05, 4.69) is 12.2 Å². The van der Waals surface area contributed by atoms with Gasteiger partial charge in [-0.15, -0.1) is 0 Å². The molecule has 0 atom stereocenters. The number of carbonyl (C=O) groups is 2. The molecule has 1 N–H and O–H groups in total. The smallest absolute Gasteiger partial charge is 0.258 e. The van der Waals surface area contributed by atoms with Gasteiger partial charge >= 0.3 is 0 Å². The first-order valence-corrected chi connectivity index (χ1v) is 12.3. The van der Waals surface area contributed by atoms with Crippen molar-refractivity contribution < 1.29 is 18.0 Å². The highest BCUT2D eigenvalue weighted by molar-refractivity contribution is 7.92. The number of benzene rings is 3. The minimum atomic E-state index is -3.40. The molecule has 0 fully saturated rings. The Morgan fingerprint density at radius 2 is 1.75 bits per heavy atom. The number of rotatable bonds is 7. The summed E-state index contributed by atoms with van der Waals surface area (Å²) in [5, 5.41) is 4.04. The number of amides is 2. The van der Waals surface area contributed by atoms with E-state index >= 15 is 0 Å². The number of carbonyl (C=O) groups excluding carboxylic acids is 2. The van der Waals surface area contributed by atoms with E-state index in [0.717, 1.165) is 29.3 Å². The normalized spacial score (nSPS) is 13.2. The van der Waals surface area contributed by atoms with Gasteiger partial charge in [-0.05, 0) is 62.7 Å². The summed E-state index contributed by atoms with van der Waals surface area (Å²) in [5.41, 5.74) is 2.49. The molecule has 0 spiro atoms. The maximum atomic E-state index is 12.9. The van der Waals surface area contributed by atoms with E-state index < -0.39 is 15.1 Å². The molecule has 0 saturated heterocycles. The van der Waals surface area contributed by atoms with Gasteiger partial charge in [0.2, 0.25) is 0 Å². The van der Waals surface area contributed by atoms with E-state index in [-0.39, 0.29) is 16.7 Å². The molecule has 166 valence electrons. The van der Waals surface area contributed by atoms with E-state index in [1.807, 2.05) is 30.3 Å². The van der Waals surface area contributed by atoms with Crippen LogP contribution >= 0.6 is 0 Å². The van der Waals surface area contributed by atoms with Gasteiger partial charge in [-0.1, -0.05) is 25.5 Å². The van der Waals surface area contributed by atoms with E-state index in [4.69, 9.17) is 0 Å². The van der Waals surface area contributed by atoms with Crippen LogP contribution in [0.1, 0.15) is 54.3 Å². The van der Waals surface area contributed by atoms with Gasteiger partial charge in [0.05, 0.1) is 15.8 Å². The predicted octanol–water partition coefficient (Wildman–Crippen LogP) is 5.03. The maximum absolute atomic E-state index is 12.9. The van der Waals surface area contributed by atoms with Crippen molar-refractivity contribution in [3.8, 4) is 0 Å². The molecule has 1 heterocycles. The largest absolute Gasteiger partial charge is 0.321 e. The second-order valence-corrected chi connectivity index (χ2v) is 10.7. The fraction of sp³-hybridized carbons (Fsp3) is 0.280. The van der Waals surface area contributed by atoms with Crippen molar-refractivity contribution in [1.82, 2.24) is 0 Å². The zero-order valence-electron chi connectivity index (χ0n) is 18.4. The second kappa shape index (κ2) is 8.39. The molecule has 0 saturated carbocycles. The van der Waals surface area contributed by atoms with Crippen LogP contribution in [0.25, 0.3) is 10.8 Å².